The molecule has 0 amide bonds. The van der Waals surface area contributed by atoms with E-state index >= 15 is 0 Å². The van der Waals surface area contributed by atoms with Crippen molar-refractivity contribution in [1.29, 1.82) is 0 Å². The van der Waals surface area contributed by atoms with Gasteiger partial charge in [0, 0.05) is 24.1 Å². The van der Waals surface area contributed by atoms with E-state index < -0.39 is 5.63 Å². The van der Waals surface area contributed by atoms with Crippen molar-refractivity contribution in [1.82, 2.24) is 0 Å². The molecule has 1 heterocycles. The molecule has 0 fully saturated rings. The summed E-state index contributed by atoms with van der Waals surface area (Å²) in [5.74, 6) is 0.0700. The van der Waals surface area contributed by atoms with Gasteiger partial charge in [0.15, 0.2) is 11.5 Å². The smallest absolute Gasteiger partial charge is 0.336 e. The van der Waals surface area contributed by atoms with Gasteiger partial charge in [-0.25, -0.2) is 4.79 Å². The Kier molecular flexibility index (Phi) is 3.80. The fourth-order valence-electron chi connectivity index (χ4n) is 2.38. The zero-order valence-corrected chi connectivity index (χ0v) is 12.4. The van der Waals surface area contributed by atoms with Crippen LogP contribution in [0.5, 0.6) is 17.2 Å². The number of para-hydroxylation sites is 2. The van der Waals surface area contributed by atoms with E-state index in [-0.39, 0.29) is 17.1 Å². The second-order valence-corrected chi connectivity index (χ2v) is 4.98. The number of fused-ring (bicyclic) bond motifs is 1. The zero-order chi connectivity index (χ0) is 16.4. The molecule has 3 rings (SSSR count). The lowest BCUT2D eigenvalue weighted by Crippen LogP contribution is -2.06. The molecule has 0 saturated heterocycles. The fraction of sp³-hybridized carbons (Fsp3) is 0.118. The molecule has 0 spiro atoms. The predicted molar refractivity (Wildman–Crippen MR) is 86.1 cm³/mol. The third-order valence-electron chi connectivity index (χ3n) is 3.50. The van der Waals surface area contributed by atoms with Gasteiger partial charge in [-0.15, -0.1) is 0 Å². The van der Waals surface area contributed by atoms with Crippen molar-refractivity contribution < 1.29 is 19.4 Å². The third kappa shape index (κ3) is 2.91. The molecule has 118 valence electrons. The first-order chi connectivity index (χ1) is 11.1. The Bertz CT molecular complexity index is 916. The van der Waals surface area contributed by atoms with Gasteiger partial charge in [0.1, 0.15) is 11.3 Å². The molecule has 0 unspecified atom stereocenters. The number of phenols is 2. The molecule has 3 N–H and O–H groups in total. The number of methoxy groups -OCH3 is 1. The minimum absolute atomic E-state index is 0.213. The Morgan fingerprint density at radius 3 is 2.65 bits per heavy atom. The molecule has 0 saturated carbocycles. The summed E-state index contributed by atoms with van der Waals surface area (Å²) in [5, 5.41) is 22.9. The van der Waals surface area contributed by atoms with E-state index in [2.05, 4.69) is 5.32 Å². The highest BCUT2D eigenvalue weighted by Gasteiger charge is 2.11. The van der Waals surface area contributed by atoms with Crippen LogP contribution >= 0.6 is 0 Å². The van der Waals surface area contributed by atoms with Crippen molar-refractivity contribution in [2.75, 3.05) is 12.4 Å². The minimum atomic E-state index is -0.528. The first-order valence-corrected chi connectivity index (χ1v) is 6.94. The number of rotatable bonds is 4. The summed E-state index contributed by atoms with van der Waals surface area (Å²) in [6, 6.07) is 11.3. The van der Waals surface area contributed by atoms with Crippen molar-refractivity contribution >= 4 is 16.7 Å². The maximum absolute atomic E-state index is 11.7. The van der Waals surface area contributed by atoms with Gasteiger partial charge in [0.2, 0.25) is 0 Å². The van der Waals surface area contributed by atoms with Gasteiger partial charge in [0.05, 0.1) is 12.8 Å². The summed E-state index contributed by atoms with van der Waals surface area (Å²) in [7, 11) is 1.58. The van der Waals surface area contributed by atoms with Gasteiger partial charge in [-0.2, -0.15) is 0 Å². The highest BCUT2D eigenvalue weighted by molar-refractivity contribution is 5.84. The maximum Gasteiger partial charge on any atom is 0.336 e. The molecule has 3 aromatic rings. The standard InChI is InChI=1S/C17H15NO5/c1-22-15-5-3-2-4-12(15)18-9-10-6-17(21)23-16-8-14(20)13(19)7-11(10)16/h2-8,18-20H,9H2,1H3. The van der Waals surface area contributed by atoms with Crippen LogP contribution in [0.4, 0.5) is 5.69 Å². The Morgan fingerprint density at radius 2 is 1.87 bits per heavy atom. The van der Waals surface area contributed by atoms with Crippen LogP contribution in [0.3, 0.4) is 0 Å². The molecule has 1 aromatic heterocycles. The summed E-state index contributed by atoms with van der Waals surface area (Å²) in [4.78, 5) is 11.7. The van der Waals surface area contributed by atoms with Crippen LogP contribution in [0.1, 0.15) is 5.56 Å². The largest absolute Gasteiger partial charge is 0.504 e. The van der Waals surface area contributed by atoms with Crippen LogP contribution in [-0.4, -0.2) is 17.3 Å². The summed E-state index contributed by atoms with van der Waals surface area (Å²) >= 11 is 0. The number of aromatic hydroxyl groups is 2. The van der Waals surface area contributed by atoms with Gasteiger partial charge >= 0.3 is 5.63 Å². The number of hydrogen-bond acceptors (Lipinski definition) is 6. The predicted octanol–water partition coefficient (Wildman–Crippen LogP) is 2.82. The highest BCUT2D eigenvalue weighted by Crippen LogP contribution is 2.32. The van der Waals surface area contributed by atoms with E-state index in [1.807, 2.05) is 24.3 Å². The minimum Gasteiger partial charge on any atom is -0.504 e. The topological polar surface area (TPSA) is 91.9 Å². The highest BCUT2D eigenvalue weighted by atomic mass is 16.5. The average molecular weight is 313 g/mol. The van der Waals surface area contributed by atoms with E-state index in [0.29, 0.717) is 23.2 Å². The number of nitrogens with one attached hydrogen (secondary N) is 1. The lowest BCUT2D eigenvalue weighted by molar-refractivity contribution is 0.403. The molecule has 6 heteroatoms. The van der Waals surface area contributed by atoms with E-state index in [0.717, 1.165) is 5.69 Å². The zero-order valence-electron chi connectivity index (χ0n) is 12.4. The molecule has 0 atom stereocenters. The molecule has 0 aliphatic heterocycles. The second kappa shape index (κ2) is 5.92. The average Bonchev–Trinajstić information content (AvgIpc) is 2.54. The first-order valence-electron chi connectivity index (χ1n) is 6.94. The fourth-order valence-corrected chi connectivity index (χ4v) is 2.38. The van der Waals surface area contributed by atoms with E-state index in [9.17, 15) is 15.0 Å². The lowest BCUT2D eigenvalue weighted by Gasteiger charge is -2.12. The lowest BCUT2D eigenvalue weighted by atomic mass is 10.1. The van der Waals surface area contributed by atoms with Crippen LogP contribution in [-0.2, 0) is 6.54 Å². The molecule has 0 aliphatic rings. The quantitative estimate of drug-likeness (QED) is 0.507. The SMILES string of the molecule is COc1ccccc1NCc1cc(=O)oc2cc(O)c(O)cc12. The normalized spacial score (nSPS) is 10.7. The first kappa shape index (κ1) is 14.8. The second-order valence-electron chi connectivity index (χ2n) is 4.98. The van der Waals surface area contributed by atoms with Crippen molar-refractivity contribution in [3.8, 4) is 17.2 Å². The molecular formula is C17H15NO5. The number of hydrogen-bond donors (Lipinski definition) is 3. The van der Waals surface area contributed by atoms with Crippen LogP contribution in [0.15, 0.2) is 51.7 Å². The number of benzene rings is 2. The van der Waals surface area contributed by atoms with Crippen LogP contribution in [0.25, 0.3) is 11.0 Å². The number of phenolic OH excluding ortho intramolecular Hbond substituents is 2. The summed E-state index contributed by atoms with van der Waals surface area (Å²) < 4.78 is 10.3. The van der Waals surface area contributed by atoms with E-state index in [1.54, 1.807) is 7.11 Å². The summed E-state index contributed by atoms with van der Waals surface area (Å²) in [6.45, 7) is 0.326. The summed E-state index contributed by atoms with van der Waals surface area (Å²) in [5.41, 5.74) is 1.10. The number of anilines is 1. The Balaban J connectivity index is 1.99. The molecule has 6 nitrogen and oxygen atoms in total. The van der Waals surface area contributed by atoms with Crippen molar-refractivity contribution in [3.63, 3.8) is 0 Å². The summed E-state index contributed by atoms with van der Waals surface area (Å²) in [6.07, 6.45) is 0. The number of ether oxygens (including phenoxy) is 1. The maximum atomic E-state index is 11.7. The van der Waals surface area contributed by atoms with Gasteiger partial charge in [-0.3, -0.25) is 0 Å². The van der Waals surface area contributed by atoms with Gasteiger partial charge in [-0.1, -0.05) is 12.1 Å². The molecular weight excluding hydrogens is 298 g/mol. The van der Waals surface area contributed by atoms with Crippen LogP contribution in [0.2, 0.25) is 0 Å². The van der Waals surface area contributed by atoms with Crippen molar-refractivity contribution in [3.05, 3.63) is 58.4 Å². The third-order valence-corrected chi connectivity index (χ3v) is 3.50. The molecule has 2 aromatic carbocycles. The Labute approximate surface area is 131 Å². The van der Waals surface area contributed by atoms with Gasteiger partial charge < -0.3 is 24.7 Å². The van der Waals surface area contributed by atoms with Crippen LogP contribution < -0.4 is 15.7 Å². The van der Waals surface area contributed by atoms with Crippen LogP contribution in [0, 0.1) is 0 Å². The molecule has 0 bridgehead atoms. The van der Waals surface area contributed by atoms with E-state index in [1.165, 1.54) is 18.2 Å². The monoisotopic (exact) mass is 313 g/mol. The van der Waals surface area contributed by atoms with Gasteiger partial charge in [0.25, 0.3) is 0 Å². The Morgan fingerprint density at radius 1 is 1.13 bits per heavy atom. The van der Waals surface area contributed by atoms with Crippen molar-refractivity contribution in [2.45, 2.75) is 6.54 Å². The molecule has 0 aliphatic carbocycles. The molecule has 0 radical (unpaired) electrons. The van der Waals surface area contributed by atoms with Gasteiger partial charge in [-0.05, 0) is 23.8 Å². The Hall–Kier alpha value is -3.15. The van der Waals surface area contributed by atoms with E-state index in [4.69, 9.17) is 9.15 Å². The van der Waals surface area contributed by atoms with Crippen molar-refractivity contribution in [2.24, 2.45) is 0 Å². The molecule has 23 heavy (non-hydrogen) atoms.